The van der Waals surface area contributed by atoms with Gasteiger partial charge in [-0.05, 0) is 19.5 Å². The Balaban J connectivity index is 0.000000877. The first-order chi connectivity index (χ1) is 17.8. The molecular weight excluding hydrogens is 500 g/mol. The number of hydrogen-bond donors (Lipinski definition) is 4. The van der Waals surface area contributed by atoms with Crippen molar-refractivity contribution in [2.75, 3.05) is 71.3 Å². The van der Waals surface area contributed by atoms with Crippen LogP contribution < -0.4 is 25.4 Å². The fourth-order valence-corrected chi connectivity index (χ4v) is 3.46. The minimum absolute atomic E-state index is 0.204. The number of nitrogens with one attached hydrogen (secondary N) is 4. The standard InChI is InChI=1S/C21H25ClN6O4.C4H10O/c1-28(6-7-29)5-3-25-21(30)20(23)13-12-26-19(22)11-14(13)27-16-10-18-15(9-17(16)31-2)24-4-8-32-18;1-3-4-5-2/h7,9-12,23-24H,3-6,8H2,1-2H3,(H,25,30)(H,26,27);3-4H2,1-2H3. The number of carbonyl (C=O) groups is 2. The van der Waals surface area contributed by atoms with E-state index in [1.807, 2.05) is 6.07 Å². The highest BCUT2D eigenvalue weighted by molar-refractivity contribution is 6.45. The van der Waals surface area contributed by atoms with Crippen LogP contribution in [0.15, 0.2) is 24.4 Å². The van der Waals surface area contributed by atoms with Gasteiger partial charge >= 0.3 is 0 Å². The van der Waals surface area contributed by atoms with Crippen LogP contribution in [0, 0.1) is 5.41 Å². The van der Waals surface area contributed by atoms with Crippen LogP contribution in [0.1, 0.15) is 18.9 Å². The number of ether oxygens (including phenoxy) is 3. The molecule has 0 aliphatic carbocycles. The van der Waals surface area contributed by atoms with Crippen LogP contribution in [0.3, 0.4) is 0 Å². The second-order valence-electron chi connectivity index (χ2n) is 8.05. The molecule has 4 N–H and O–H groups in total. The molecule has 1 aliphatic heterocycles. The number of amides is 1. The average molecular weight is 535 g/mol. The predicted molar refractivity (Wildman–Crippen MR) is 145 cm³/mol. The van der Waals surface area contributed by atoms with E-state index in [4.69, 9.17) is 31.2 Å². The lowest BCUT2D eigenvalue weighted by Gasteiger charge is -2.22. The molecule has 1 aromatic carbocycles. The second kappa shape index (κ2) is 15.6. The van der Waals surface area contributed by atoms with Gasteiger partial charge in [-0.25, -0.2) is 4.98 Å². The number of fused-ring (bicyclic) bond motifs is 1. The summed E-state index contributed by atoms with van der Waals surface area (Å²) >= 11 is 6.08. The van der Waals surface area contributed by atoms with E-state index in [-0.39, 0.29) is 29.5 Å². The van der Waals surface area contributed by atoms with Crippen LogP contribution in [0.4, 0.5) is 17.1 Å². The summed E-state index contributed by atoms with van der Waals surface area (Å²) in [5.74, 6) is 0.643. The molecule has 0 spiro atoms. The highest BCUT2D eigenvalue weighted by atomic mass is 35.5. The van der Waals surface area contributed by atoms with Gasteiger partial charge in [0.2, 0.25) is 0 Å². The molecule has 0 bridgehead atoms. The largest absolute Gasteiger partial charge is 0.494 e. The van der Waals surface area contributed by atoms with E-state index in [0.29, 0.717) is 42.6 Å². The number of rotatable bonds is 12. The molecule has 0 saturated carbocycles. The lowest BCUT2D eigenvalue weighted by molar-refractivity contribution is -0.114. The highest BCUT2D eigenvalue weighted by Gasteiger charge is 2.20. The van der Waals surface area contributed by atoms with Crippen molar-refractivity contribution in [3.63, 3.8) is 0 Å². The van der Waals surface area contributed by atoms with Gasteiger partial charge < -0.3 is 35.0 Å². The maximum atomic E-state index is 12.5. The molecule has 12 heteroatoms. The smallest absolute Gasteiger partial charge is 0.269 e. The number of likely N-dealkylation sites (N-methyl/N-ethyl adjacent to an activating group) is 1. The van der Waals surface area contributed by atoms with Crippen molar-refractivity contribution in [2.24, 2.45) is 0 Å². The third-order valence-electron chi connectivity index (χ3n) is 5.19. The predicted octanol–water partition coefficient (Wildman–Crippen LogP) is 2.95. The number of hydrogen-bond acceptors (Lipinski definition) is 10. The zero-order valence-corrected chi connectivity index (χ0v) is 22.4. The molecule has 0 saturated heterocycles. The van der Waals surface area contributed by atoms with E-state index in [1.165, 1.54) is 12.3 Å². The number of aromatic nitrogens is 1. The van der Waals surface area contributed by atoms with Crippen molar-refractivity contribution >= 4 is 46.6 Å². The van der Waals surface area contributed by atoms with Crippen LogP contribution in [-0.4, -0.2) is 88.4 Å². The molecule has 0 atom stereocenters. The molecule has 0 unspecified atom stereocenters. The zero-order chi connectivity index (χ0) is 27.2. The summed E-state index contributed by atoms with van der Waals surface area (Å²) in [6.45, 7) is 5.25. The first-order valence-electron chi connectivity index (χ1n) is 11.8. The van der Waals surface area contributed by atoms with Crippen LogP contribution in [-0.2, 0) is 14.3 Å². The maximum Gasteiger partial charge on any atom is 0.269 e. The van der Waals surface area contributed by atoms with Crippen LogP contribution in [0.5, 0.6) is 11.5 Å². The van der Waals surface area contributed by atoms with Gasteiger partial charge in [0.05, 0.1) is 30.7 Å². The quantitative estimate of drug-likeness (QED) is 0.184. The first kappa shape index (κ1) is 29.8. The Morgan fingerprint density at radius 2 is 2.11 bits per heavy atom. The van der Waals surface area contributed by atoms with Gasteiger partial charge in [-0.15, -0.1) is 0 Å². The summed E-state index contributed by atoms with van der Waals surface area (Å²) in [5, 5.41) is 17.7. The van der Waals surface area contributed by atoms with Crippen molar-refractivity contribution < 1.29 is 23.8 Å². The fraction of sp³-hybridized carbons (Fsp3) is 0.440. The Kier molecular flexibility index (Phi) is 12.6. The normalized spacial score (nSPS) is 11.7. The van der Waals surface area contributed by atoms with Crippen molar-refractivity contribution in [1.82, 2.24) is 15.2 Å². The van der Waals surface area contributed by atoms with Gasteiger partial charge in [-0.1, -0.05) is 18.5 Å². The molecule has 0 fully saturated rings. The highest BCUT2D eigenvalue weighted by Crippen LogP contribution is 2.39. The summed E-state index contributed by atoms with van der Waals surface area (Å²) in [5.41, 5.74) is 1.82. The summed E-state index contributed by atoms with van der Waals surface area (Å²) in [4.78, 5) is 28.8. The first-order valence-corrected chi connectivity index (χ1v) is 12.2. The number of pyridine rings is 1. The van der Waals surface area contributed by atoms with E-state index in [0.717, 1.165) is 25.0 Å². The number of methoxy groups -OCH3 is 2. The molecular formula is C25H35ClN6O5. The number of aldehydes is 1. The van der Waals surface area contributed by atoms with Gasteiger partial charge in [0.15, 0.2) is 0 Å². The molecule has 3 rings (SSSR count). The van der Waals surface area contributed by atoms with E-state index >= 15 is 0 Å². The molecule has 2 aromatic rings. The van der Waals surface area contributed by atoms with E-state index in [9.17, 15) is 9.59 Å². The third kappa shape index (κ3) is 9.19. The number of carbonyl (C=O) groups excluding carboxylic acids is 2. The van der Waals surface area contributed by atoms with Crippen molar-refractivity contribution in [2.45, 2.75) is 13.3 Å². The maximum absolute atomic E-state index is 12.5. The fourth-order valence-electron chi connectivity index (χ4n) is 3.30. The molecule has 1 aromatic heterocycles. The van der Waals surface area contributed by atoms with Gasteiger partial charge in [-0.3, -0.25) is 15.1 Å². The topological polar surface area (TPSA) is 138 Å². The van der Waals surface area contributed by atoms with E-state index < -0.39 is 5.91 Å². The number of halogens is 1. The molecule has 0 radical (unpaired) electrons. The second-order valence-corrected chi connectivity index (χ2v) is 8.44. The number of anilines is 3. The molecule has 202 valence electrons. The molecule has 11 nitrogen and oxygen atoms in total. The van der Waals surface area contributed by atoms with Crippen molar-refractivity contribution in [1.29, 1.82) is 5.41 Å². The van der Waals surface area contributed by atoms with Crippen LogP contribution >= 0.6 is 11.6 Å². The van der Waals surface area contributed by atoms with Crippen molar-refractivity contribution in [3.8, 4) is 11.5 Å². The summed E-state index contributed by atoms with van der Waals surface area (Å²) in [6, 6.07) is 5.13. The minimum Gasteiger partial charge on any atom is -0.494 e. The molecule has 37 heavy (non-hydrogen) atoms. The number of benzene rings is 1. The Bertz CT molecular complexity index is 1070. The monoisotopic (exact) mass is 534 g/mol. The van der Waals surface area contributed by atoms with Crippen LogP contribution in [0.2, 0.25) is 5.15 Å². The van der Waals surface area contributed by atoms with E-state index in [1.54, 1.807) is 32.2 Å². The molecule has 1 amide bonds. The minimum atomic E-state index is -0.568. The van der Waals surface area contributed by atoms with E-state index in [2.05, 4.69) is 27.9 Å². The van der Waals surface area contributed by atoms with Gasteiger partial charge in [0.1, 0.15) is 35.3 Å². The van der Waals surface area contributed by atoms with Crippen LogP contribution in [0.25, 0.3) is 0 Å². The summed E-state index contributed by atoms with van der Waals surface area (Å²) < 4.78 is 15.9. The lowest BCUT2D eigenvalue weighted by Crippen LogP contribution is -2.37. The molecule has 1 aliphatic rings. The number of nitrogens with zero attached hydrogens (tertiary/aromatic N) is 2. The lowest BCUT2D eigenvalue weighted by atomic mass is 10.1. The van der Waals surface area contributed by atoms with Gasteiger partial charge in [0.25, 0.3) is 5.91 Å². The van der Waals surface area contributed by atoms with Crippen molar-refractivity contribution in [3.05, 3.63) is 35.1 Å². The Morgan fingerprint density at radius 3 is 2.76 bits per heavy atom. The average Bonchev–Trinajstić information content (AvgIpc) is 2.89. The van der Waals surface area contributed by atoms with Gasteiger partial charge in [-0.2, -0.15) is 0 Å². The Morgan fingerprint density at radius 1 is 1.32 bits per heavy atom. The van der Waals surface area contributed by atoms with Gasteiger partial charge in [0, 0.05) is 57.2 Å². The Labute approximate surface area is 222 Å². The SMILES string of the molecule is CCCOC.COc1cc2c(cc1Nc1cc(Cl)ncc1C(=N)C(=O)NCCN(C)CC=O)OCCN2. The summed E-state index contributed by atoms with van der Waals surface area (Å²) in [7, 11) is 5.03. The zero-order valence-electron chi connectivity index (χ0n) is 21.7. The Hall–Kier alpha value is -3.41. The molecule has 2 heterocycles. The summed E-state index contributed by atoms with van der Waals surface area (Å²) in [6.07, 6.45) is 3.28. The third-order valence-corrected chi connectivity index (χ3v) is 5.39.